The summed E-state index contributed by atoms with van der Waals surface area (Å²) in [5.41, 5.74) is 0.346. The molecule has 142 valence electrons. The first-order valence-electron chi connectivity index (χ1n) is 10.3. The van der Waals surface area contributed by atoms with E-state index in [2.05, 4.69) is 17.7 Å². The van der Waals surface area contributed by atoms with E-state index in [1.807, 2.05) is 6.07 Å². The molecule has 5 heteroatoms. The fourth-order valence-corrected chi connectivity index (χ4v) is 6.89. The summed E-state index contributed by atoms with van der Waals surface area (Å²) >= 11 is 0. The van der Waals surface area contributed by atoms with Crippen LogP contribution in [-0.4, -0.2) is 51.1 Å². The highest BCUT2D eigenvalue weighted by atomic mass is 16.5. The van der Waals surface area contributed by atoms with Crippen LogP contribution in [0.15, 0.2) is 12.1 Å². The fraction of sp³-hybridized carbons (Fsp3) is 0.636. The van der Waals surface area contributed by atoms with E-state index in [9.17, 15) is 15.0 Å². The second-order valence-corrected chi connectivity index (χ2v) is 9.50. The summed E-state index contributed by atoms with van der Waals surface area (Å²) in [7, 11) is 0. The Morgan fingerprint density at radius 3 is 2.89 bits per heavy atom. The molecule has 5 aliphatic rings. The molecule has 2 N–H and O–H groups in total. The maximum atomic E-state index is 12.8. The molecule has 0 radical (unpaired) electrons. The summed E-state index contributed by atoms with van der Waals surface area (Å²) in [5.74, 6) is 1.99. The van der Waals surface area contributed by atoms with Crippen LogP contribution < -0.4 is 4.74 Å². The smallest absolute Gasteiger partial charge is 0.185 e. The van der Waals surface area contributed by atoms with Crippen molar-refractivity contribution < 1.29 is 24.3 Å². The molecule has 2 heterocycles. The van der Waals surface area contributed by atoms with Crippen LogP contribution in [0.1, 0.15) is 50.2 Å². The molecule has 0 unspecified atom stereocenters. The third kappa shape index (κ3) is 1.75. The zero-order valence-electron chi connectivity index (χ0n) is 15.6. The van der Waals surface area contributed by atoms with Crippen molar-refractivity contribution in [3.63, 3.8) is 0 Å². The minimum absolute atomic E-state index is 0.0238. The summed E-state index contributed by atoms with van der Waals surface area (Å²) in [6, 6.07) is 3.61. The van der Waals surface area contributed by atoms with Crippen molar-refractivity contribution in [2.24, 2.45) is 11.8 Å². The van der Waals surface area contributed by atoms with Crippen LogP contribution in [-0.2, 0) is 16.6 Å². The van der Waals surface area contributed by atoms with E-state index in [1.165, 1.54) is 12.8 Å². The molecule has 1 aromatic carbocycles. The van der Waals surface area contributed by atoms with E-state index in [0.29, 0.717) is 30.9 Å². The molecule has 4 atom stereocenters. The number of Topliss-reactive ketones (excluding diaryl/α,β-unsaturated/α-hetero) is 1. The number of benzene rings is 1. The van der Waals surface area contributed by atoms with Crippen molar-refractivity contribution in [2.45, 2.75) is 68.6 Å². The van der Waals surface area contributed by atoms with Crippen LogP contribution in [0.5, 0.6) is 11.5 Å². The third-order valence-corrected chi connectivity index (χ3v) is 8.11. The number of aliphatic hydroxyl groups is 1. The Hall–Kier alpha value is -1.88. The topological polar surface area (TPSA) is 69.8 Å². The molecule has 1 aromatic rings. The van der Waals surface area contributed by atoms with Crippen molar-refractivity contribution in [3.8, 4) is 11.5 Å². The average Bonchev–Trinajstić information content (AvgIpc) is 2.97. The highest BCUT2D eigenvalue weighted by Gasteiger charge is 2.75. The minimum Gasteiger partial charge on any atom is -0.504 e. The number of aromatic hydroxyl groups is 1. The molecule has 1 spiro atoms. The van der Waals surface area contributed by atoms with E-state index in [-0.39, 0.29) is 17.6 Å². The van der Waals surface area contributed by atoms with Crippen LogP contribution in [0, 0.1) is 11.8 Å². The van der Waals surface area contributed by atoms with Gasteiger partial charge >= 0.3 is 0 Å². The quantitative estimate of drug-likeness (QED) is 0.744. The number of hydrogen-bond acceptors (Lipinski definition) is 4. The van der Waals surface area contributed by atoms with Crippen LogP contribution in [0.4, 0.5) is 0 Å². The van der Waals surface area contributed by atoms with E-state index >= 15 is 0 Å². The van der Waals surface area contributed by atoms with Crippen molar-refractivity contribution >= 4 is 12.0 Å². The Balaban J connectivity index is 1.54. The first kappa shape index (κ1) is 16.1. The zero-order chi connectivity index (χ0) is 18.6. The van der Waals surface area contributed by atoms with Gasteiger partial charge in [0, 0.05) is 30.7 Å². The molecule has 3 aliphatic carbocycles. The van der Waals surface area contributed by atoms with Gasteiger partial charge in [0.2, 0.25) is 0 Å². The zero-order valence-corrected chi connectivity index (χ0v) is 15.6. The Morgan fingerprint density at radius 2 is 2.11 bits per heavy atom. The number of ether oxygens (including phenoxy) is 1. The molecule has 0 aromatic heterocycles. The van der Waals surface area contributed by atoms with Crippen LogP contribution in [0.3, 0.4) is 0 Å². The lowest BCUT2D eigenvalue weighted by Gasteiger charge is -2.57. The highest BCUT2D eigenvalue weighted by molar-refractivity contribution is 5.90. The highest BCUT2D eigenvalue weighted by Crippen LogP contribution is 2.64. The first-order chi connectivity index (χ1) is 12.9. The van der Waals surface area contributed by atoms with Gasteiger partial charge in [-0.25, -0.2) is 4.58 Å². The lowest BCUT2D eigenvalue weighted by atomic mass is 9.49. The molecule has 1 saturated heterocycles. The maximum Gasteiger partial charge on any atom is 0.185 e. The Bertz CT molecular complexity index is 902. The molecular formula is C22H26NO4+. The number of piperidine rings is 1. The van der Waals surface area contributed by atoms with Crippen LogP contribution >= 0.6 is 0 Å². The van der Waals surface area contributed by atoms with Crippen LogP contribution in [0.2, 0.25) is 0 Å². The SMILES string of the molecule is CC1CC(/C=[N+]2\CC[C@]34c5c6ccc(O)c5O[C@H]3C(=O)CC[C@@]4(O)[C@H]2C6)C1. The second kappa shape index (κ2) is 4.93. The molecular weight excluding hydrogens is 342 g/mol. The van der Waals surface area contributed by atoms with E-state index < -0.39 is 17.1 Å². The van der Waals surface area contributed by atoms with Crippen molar-refractivity contribution in [2.75, 3.05) is 6.54 Å². The monoisotopic (exact) mass is 368 g/mol. The normalized spacial score (nSPS) is 45.3. The Morgan fingerprint density at radius 1 is 1.30 bits per heavy atom. The Kier molecular flexibility index (Phi) is 2.94. The van der Waals surface area contributed by atoms with Crippen molar-refractivity contribution in [3.05, 3.63) is 23.3 Å². The number of ketones is 1. The summed E-state index contributed by atoms with van der Waals surface area (Å²) < 4.78 is 8.44. The van der Waals surface area contributed by atoms with Crippen LogP contribution in [0.25, 0.3) is 0 Å². The molecule has 2 aliphatic heterocycles. The Labute approximate surface area is 158 Å². The summed E-state index contributed by atoms with van der Waals surface area (Å²) in [6.07, 6.45) is 6.42. The van der Waals surface area contributed by atoms with Gasteiger partial charge in [0.25, 0.3) is 0 Å². The van der Waals surface area contributed by atoms with E-state index in [1.54, 1.807) is 6.07 Å². The summed E-state index contributed by atoms with van der Waals surface area (Å²) in [5, 5.41) is 22.4. The molecule has 6 rings (SSSR count). The number of carbonyl (C=O) groups is 1. The van der Waals surface area contributed by atoms with Gasteiger partial charge in [0.15, 0.2) is 29.4 Å². The summed E-state index contributed by atoms with van der Waals surface area (Å²) in [4.78, 5) is 12.8. The van der Waals surface area contributed by atoms with Gasteiger partial charge in [-0.15, -0.1) is 0 Å². The minimum atomic E-state index is -0.984. The van der Waals surface area contributed by atoms with Gasteiger partial charge in [-0.1, -0.05) is 13.0 Å². The number of rotatable bonds is 1. The summed E-state index contributed by atoms with van der Waals surface area (Å²) in [6.45, 7) is 3.13. The predicted molar refractivity (Wildman–Crippen MR) is 98.6 cm³/mol. The molecule has 2 saturated carbocycles. The number of phenols is 1. The van der Waals surface area contributed by atoms with Gasteiger partial charge in [-0.05, 0) is 36.8 Å². The molecule has 27 heavy (non-hydrogen) atoms. The maximum absolute atomic E-state index is 12.8. The van der Waals surface area contributed by atoms with Crippen molar-refractivity contribution in [1.82, 2.24) is 0 Å². The lowest BCUT2D eigenvalue weighted by Crippen LogP contribution is -2.75. The van der Waals surface area contributed by atoms with E-state index in [0.717, 1.165) is 30.0 Å². The first-order valence-corrected chi connectivity index (χ1v) is 10.3. The van der Waals surface area contributed by atoms with E-state index in [4.69, 9.17) is 4.74 Å². The van der Waals surface area contributed by atoms with Crippen molar-refractivity contribution in [1.29, 1.82) is 0 Å². The fourth-order valence-electron chi connectivity index (χ4n) is 6.89. The van der Waals surface area contributed by atoms with Gasteiger partial charge in [0.1, 0.15) is 18.4 Å². The third-order valence-electron chi connectivity index (χ3n) is 8.11. The lowest BCUT2D eigenvalue weighted by molar-refractivity contribution is -0.607. The van der Waals surface area contributed by atoms with Gasteiger partial charge in [0.05, 0.1) is 5.41 Å². The second-order valence-electron chi connectivity index (χ2n) is 9.50. The predicted octanol–water partition coefficient (Wildman–Crippen LogP) is 1.94. The molecule has 5 nitrogen and oxygen atoms in total. The van der Waals surface area contributed by atoms with Gasteiger partial charge in [-0.2, -0.15) is 0 Å². The standard InChI is InChI=1S/C22H25NO4/c1-12-8-13(9-12)11-23-7-6-21-18-14-2-3-15(24)19(18)27-20(21)16(25)4-5-22(21,26)17(23)10-14/h2-3,11-13,17,20,26H,4-10H2,1H3/p+1/b23-11+/t12?,13?,17-,20+,21+,22-/m1/s1. The molecule has 0 amide bonds. The number of hydrogen-bond donors (Lipinski definition) is 2. The largest absolute Gasteiger partial charge is 0.504 e. The number of phenolic OH excluding ortho intramolecular Hbond substituents is 1. The average molecular weight is 368 g/mol. The molecule has 3 fully saturated rings. The molecule has 2 bridgehead atoms. The number of carbonyl (C=O) groups excluding carboxylic acids is 1. The van der Waals surface area contributed by atoms with Gasteiger partial charge < -0.3 is 14.9 Å². The van der Waals surface area contributed by atoms with Gasteiger partial charge in [-0.3, -0.25) is 4.79 Å². The number of nitrogens with zero attached hydrogens (tertiary/aromatic N) is 1.